The standard InChI is InChI=1S/C13H17ClO3/c1-3-17-12-6-4-5-10(8-12)7-11(9-16-2)13(14)15/h4-6,8,11H,3,7,9H2,1-2H3. The van der Waals surface area contributed by atoms with E-state index in [-0.39, 0.29) is 11.2 Å². The normalized spacial score (nSPS) is 12.2. The highest BCUT2D eigenvalue weighted by Gasteiger charge is 2.16. The average Bonchev–Trinajstić information content (AvgIpc) is 2.29. The zero-order chi connectivity index (χ0) is 12.7. The van der Waals surface area contributed by atoms with Gasteiger partial charge in [0.25, 0.3) is 0 Å². The van der Waals surface area contributed by atoms with Crippen molar-refractivity contribution in [1.29, 1.82) is 0 Å². The van der Waals surface area contributed by atoms with E-state index < -0.39 is 0 Å². The number of ether oxygens (including phenoxy) is 2. The lowest BCUT2D eigenvalue weighted by molar-refractivity contribution is -0.116. The lowest BCUT2D eigenvalue weighted by atomic mass is 10.0. The van der Waals surface area contributed by atoms with E-state index in [0.29, 0.717) is 19.6 Å². The Morgan fingerprint density at radius 2 is 2.24 bits per heavy atom. The maximum absolute atomic E-state index is 11.2. The van der Waals surface area contributed by atoms with E-state index >= 15 is 0 Å². The Balaban J connectivity index is 2.71. The summed E-state index contributed by atoms with van der Waals surface area (Å²) >= 11 is 5.52. The molecular weight excluding hydrogens is 240 g/mol. The van der Waals surface area contributed by atoms with Gasteiger partial charge < -0.3 is 9.47 Å². The van der Waals surface area contributed by atoms with E-state index in [0.717, 1.165) is 11.3 Å². The van der Waals surface area contributed by atoms with Crippen LogP contribution in [0.3, 0.4) is 0 Å². The first-order valence-electron chi connectivity index (χ1n) is 5.57. The molecule has 0 saturated carbocycles. The molecule has 1 aromatic carbocycles. The number of hydrogen-bond acceptors (Lipinski definition) is 3. The number of benzene rings is 1. The number of methoxy groups -OCH3 is 1. The maximum atomic E-state index is 11.2. The molecule has 0 aliphatic rings. The topological polar surface area (TPSA) is 35.5 Å². The van der Waals surface area contributed by atoms with Gasteiger partial charge in [0.15, 0.2) is 0 Å². The van der Waals surface area contributed by atoms with Gasteiger partial charge in [-0.05, 0) is 42.6 Å². The molecule has 0 aliphatic heterocycles. The van der Waals surface area contributed by atoms with Crippen molar-refractivity contribution in [3.63, 3.8) is 0 Å². The van der Waals surface area contributed by atoms with Crippen molar-refractivity contribution < 1.29 is 14.3 Å². The quantitative estimate of drug-likeness (QED) is 0.704. The minimum Gasteiger partial charge on any atom is -0.494 e. The molecule has 0 fully saturated rings. The van der Waals surface area contributed by atoms with Gasteiger partial charge in [-0.1, -0.05) is 12.1 Å². The van der Waals surface area contributed by atoms with Crippen molar-refractivity contribution in [2.45, 2.75) is 13.3 Å². The first-order chi connectivity index (χ1) is 8.17. The summed E-state index contributed by atoms with van der Waals surface area (Å²) in [7, 11) is 1.56. The third kappa shape index (κ3) is 4.75. The molecule has 4 heteroatoms. The van der Waals surface area contributed by atoms with Gasteiger partial charge >= 0.3 is 0 Å². The molecule has 0 aliphatic carbocycles. The minimum atomic E-state index is -0.367. The summed E-state index contributed by atoms with van der Waals surface area (Å²) in [5, 5.41) is -0.367. The van der Waals surface area contributed by atoms with E-state index in [1.165, 1.54) is 0 Å². The number of halogens is 1. The van der Waals surface area contributed by atoms with Gasteiger partial charge in [-0.2, -0.15) is 0 Å². The molecule has 1 aromatic rings. The maximum Gasteiger partial charge on any atom is 0.227 e. The van der Waals surface area contributed by atoms with Crippen LogP contribution in [0.5, 0.6) is 5.75 Å². The Kier molecular flexibility index (Phi) is 6.01. The Bertz CT molecular complexity index is 365. The zero-order valence-electron chi connectivity index (χ0n) is 10.1. The second-order valence-electron chi connectivity index (χ2n) is 3.74. The zero-order valence-corrected chi connectivity index (χ0v) is 10.9. The summed E-state index contributed by atoms with van der Waals surface area (Å²) in [4.78, 5) is 11.2. The highest BCUT2D eigenvalue weighted by molar-refractivity contribution is 6.64. The number of rotatable bonds is 7. The van der Waals surface area contributed by atoms with Crippen LogP contribution in [0.2, 0.25) is 0 Å². The second kappa shape index (κ2) is 7.30. The van der Waals surface area contributed by atoms with E-state index in [2.05, 4.69) is 0 Å². The smallest absolute Gasteiger partial charge is 0.227 e. The lowest BCUT2D eigenvalue weighted by Gasteiger charge is -2.12. The molecule has 17 heavy (non-hydrogen) atoms. The molecular formula is C13H17ClO3. The summed E-state index contributed by atoms with van der Waals surface area (Å²) < 4.78 is 10.4. The predicted molar refractivity (Wildman–Crippen MR) is 67.5 cm³/mol. The Labute approximate surface area is 107 Å². The molecule has 0 spiro atoms. The average molecular weight is 257 g/mol. The monoisotopic (exact) mass is 256 g/mol. The molecule has 0 saturated heterocycles. The minimum absolute atomic E-state index is 0.307. The molecule has 94 valence electrons. The van der Waals surface area contributed by atoms with Gasteiger partial charge in [0.2, 0.25) is 5.24 Å². The molecule has 0 aromatic heterocycles. The fourth-order valence-corrected chi connectivity index (χ4v) is 1.76. The SMILES string of the molecule is CCOc1cccc(CC(COC)C(=O)Cl)c1. The Hall–Kier alpha value is -1.06. The van der Waals surface area contributed by atoms with Crippen LogP contribution in [-0.2, 0) is 16.0 Å². The van der Waals surface area contributed by atoms with Crippen LogP contribution >= 0.6 is 11.6 Å². The predicted octanol–water partition coefficient (Wildman–Crippen LogP) is 2.66. The first-order valence-corrected chi connectivity index (χ1v) is 5.95. The number of hydrogen-bond donors (Lipinski definition) is 0. The molecule has 3 nitrogen and oxygen atoms in total. The molecule has 0 heterocycles. The van der Waals surface area contributed by atoms with Crippen LogP contribution in [0.15, 0.2) is 24.3 Å². The third-order valence-corrected chi connectivity index (χ3v) is 2.69. The van der Waals surface area contributed by atoms with Gasteiger partial charge in [-0.25, -0.2) is 0 Å². The molecule has 0 amide bonds. The van der Waals surface area contributed by atoms with Crippen LogP contribution in [0.25, 0.3) is 0 Å². The van der Waals surface area contributed by atoms with Gasteiger partial charge in [-0.3, -0.25) is 4.79 Å². The van der Waals surface area contributed by atoms with Gasteiger partial charge in [-0.15, -0.1) is 0 Å². The summed E-state index contributed by atoms with van der Waals surface area (Å²) in [5.74, 6) is 0.502. The van der Waals surface area contributed by atoms with E-state index in [1.807, 2.05) is 31.2 Å². The molecule has 0 radical (unpaired) electrons. The largest absolute Gasteiger partial charge is 0.494 e. The highest BCUT2D eigenvalue weighted by Crippen LogP contribution is 2.18. The summed E-state index contributed by atoms with van der Waals surface area (Å²) in [6.45, 7) is 2.89. The fraction of sp³-hybridized carbons (Fsp3) is 0.462. The van der Waals surface area contributed by atoms with Gasteiger partial charge in [0.05, 0.1) is 19.1 Å². The van der Waals surface area contributed by atoms with Gasteiger partial charge in [0.1, 0.15) is 5.75 Å². The molecule has 1 unspecified atom stereocenters. The molecule has 0 N–H and O–H groups in total. The van der Waals surface area contributed by atoms with E-state index in [9.17, 15) is 4.79 Å². The van der Waals surface area contributed by atoms with Crippen LogP contribution in [0, 0.1) is 5.92 Å². The van der Waals surface area contributed by atoms with Crippen LogP contribution in [0.4, 0.5) is 0 Å². The van der Waals surface area contributed by atoms with E-state index in [4.69, 9.17) is 21.1 Å². The third-order valence-electron chi connectivity index (χ3n) is 2.38. The van der Waals surface area contributed by atoms with Crippen molar-refractivity contribution in [2.75, 3.05) is 20.3 Å². The van der Waals surface area contributed by atoms with E-state index in [1.54, 1.807) is 7.11 Å². The van der Waals surface area contributed by atoms with Crippen molar-refractivity contribution in [2.24, 2.45) is 5.92 Å². The van der Waals surface area contributed by atoms with Crippen molar-refractivity contribution in [1.82, 2.24) is 0 Å². The van der Waals surface area contributed by atoms with Crippen molar-refractivity contribution in [3.8, 4) is 5.75 Å². The lowest BCUT2D eigenvalue weighted by Crippen LogP contribution is -2.18. The fourth-order valence-electron chi connectivity index (χ4n) is 1.62. The Morgan fingerprint density at radius 1 is 1.47 bits per heavy atom. The molecule has 1 atom stereocenters. The Morgan fingerprint density at radius 3 is 2.82 bits per heavy atom. The molecule has 0 bridgehead atoms. The van der Waals surface area contributed by atoms with Crippen molar-refractivity contribution >= 4 is 16.8 Å². The van der Waals surface area contributed by atoms with Crippen molar-refractivity contribution in [3.05, 3.63) is 29.8 Å². The first kappa shape index (κ1) is 14.0. The second-order valence-corrected chi connectivity index (χ2v) is 4.11. The molecule has 1 rings (SSSR count). The van der Waals surface area contributed by atoms with Crippen LogP contribution in [-0.4, -0.2) is 25.6 Å². The highest BCUT2D eigenvalue weighted by atomic mass is 35.5. The number of carbonyl (C=O) groups excluding carboxylic acids is 1. The van der Waals surface area contributed by atoms with Crippen LogP contribution in [0.1, 0.15) is 12.5 Å². The summed E-state index contributed by atoms with van der Waals surface area (Å²) in [5.41, 5.74) is 1.02. The van der Waals surface area contributed by atoms with Crippen LogP contribution < -0.4 is 4.74 Å². The summed E-state index contributed by atoms with van der Waals surface area (Å²) in [6.07, 6.45) is 0.567. The summed E-state index contributed by atoms with van der Waals surface area (Å²) in [6, 6.07) is 7.67. The number of carbonyl (C=O) groups is 1. The van der Waals surface area contributed by atoms with Gasteiger partial charge in [0, 0.05) is 7.11 Å².